The Labute approximate surface area is 197 Å². The van der Waals surface area contributed by atoms with Gasteiger partial charge in [-0.05, 0) is 42.7 Å². The van der Waals surface area contributed by atoms with E-state index in [1.165, 1.54) is 11.3 Å². The summed E-state index contributed by atoms with van der Waals surface area (Å²) in [5, 5.41) is 15.0. The Bertz CT molecular complexity index is 1340. The number of nitriles is 1. The van der Waals surface area contributed by atoms with Crippen molar-refractivity contribution in [3.8, 4) is 6.07 Å². The van der Waals surface area contributed by atoms with E-state index in [0.29, 0.717) is 23.7 Å². The molecule has 2 aromatic carbocycles. The topological polar surface area (TPSA) is 81.9 Å². The van der Waals surface area contributed by atoms with Gasteiger partial charge in [-0.1, -0.05) is 44.2 Å². The molecule has 0 spiro atoms. The van der Waals surface area contributed by atoms with Crippen LogP contribution in [0.25, 0.3) is 10.9 Å². The molecule has 2 heterocycles. The van der Waals surface area contributed by atoms with Crippen molar-refractivity contribution in [2.24, 2.45) is 5.92 Å². The number of para-hydroxylation sites is 1. The van der Waals surface area contributed by atoms with Gasteiger partial charge in [0.1, 0.15) is 5.00 Å². The summed E-state index contributed by atoms with van der Waals surface area (Å²) in [5.74, 6) is 0.474. The van der Waals surface area contributed by atoms with Crippen LogP contribution < -0.4 is 10.2 Å². The lowest BCUT2D eigenvalue weighted by molar-refractivity contribution is 0.256. The van der Waals surface area contributed by atoms with Crippen molar-refractivity contribution < 1.29 is 4.79 Å². The number of hydrogen-bond donors (Lipinski definition) is 1. The molecule has 0 saturated carbocycles. The zero-order chi connectivity index (χ0) is 23.4. The van der Waals surface area contributed by atoms with Crippen molar-refractivity contribution in [3.05, 3.63) is 82.6 Å². The maximum absolute atomic E-state index is 13.5. The molecule has 0 radical (unpaired) electrons. The number of hydrogen-bond acceptors (Lipinski definition) is 5. The van der Waals surface area contributed by atoms with Gasteiger partial charge in [0.25, 0.3) is 0 Å². The molecular formula is C26H25N5OS. The molecule has 4 rings (SSSR count). The van der Waals surface area contributed by atoms with Crippen LogP contribution in [0.4, 0.5) is 15.5 Å². The Kier molecular flexibility index (Phi) is 6.66. The molecule has 166 valence electrons. The third-order valence-electron chi connectivity index (χ3n) is 5.13. The van der Waals surface area contributed by atoms with Gasteiger partial charge in [-0.25, -0.2) is 9.78 Å². The number of benzene rings is 2. The minimum absolute atomic E-state index is 0.266. The fourth-order valence-electron chi connectivity index (χ4n) is 3.62. The van der Waals surface area contributed by atoms with Gasteiger partial charge in [0.15, 0.2) is 0 Å². The predicted octanol–water partition coefficient (Wildman–Crippen LogP) is 6.31. The van der Waals surface area contributed by atoms with Crippen LogP contribution in [0, 0.1) is 24.2 Å². The highest BCUT2D eigenvalue weighted by Gasteiger charge is 2.23. The van der Waals surface area contributed by atoms with E-state index in [1.807, 2.05) is 55.5 Å². The number of rotatable bonds is 6. The Hall–Kier alpha value is -3.76. The van der Waals surface area contributed by atoms with E-state index < -0.39 is 0 Å². The molecule has 0 atom stereocenters. The van der Waals surface area contributed by atoms with Crippen LogP contribution in [0.2, 0.25) is 0 Å². The van der Waals surface area contributed by atoms with Crippen molar-refractivity contribution in [2.45, 2.75) is 33.7 Å². The number of nitrogens with zero attached hydrogens (tertiary/aromatic N) is 4. The third-order valence-corrected chi connectivity index (χ3v) is 6.33. The molecule has 6 nitrogen and oxygen atoms in total. The van der Waals surface area contributed by atoms with Crippen molar-refractivity contribution in [1.82, 2.24) is 9.97 Å². The van der Waals surface area contributed by atoms with E-state index in [4.69, 9.17) is 4.98 Å². The SMILES string of the molecule is Cc1nc(CC(C)C)sc1N(Cc1cccc(C#N)c1)C(=O)Nc1cnc2ccccc2c1. The zero-order valence-electron chi connectivity index (χ0n) is 18.9. The molecule has 1 N–H and O–H groups in total. The van der Waals surface area contributed by atoms with Gasteiger partial charge in [-0.2, -0.15) is 5.26 Å². The van der Waals surface area contributed by atoms with Gasteiger partial charge in [-0.3, -0.25) is 9.88 Å². The molecule has 0 aliphatic carbocycles. The van der Waals surface area contributed by atoms with Crippen LogP contribution in [0.5, 0.6) is 0 Å². The van der Waals surface area contributed by atoms with Gasteiger partial charge < -0.3 is 5.32 Å². The van der Waals surface area contributed by atoms with Gasteiger partial charge in [-0.15, -0.1) is 11.3 Å². The first kappa shape index (κ1) is 22.4. The highest BCUT2D eigenvalue weighted by molar-refractivity contribution is 7.16. The summed E-state index contributed by atoms with van der Waals surface area (Å²) in [6.45, 7) is 6.56. The molecule has 0 bridgehead atoms. The lowest BCUT2D eigenvalue weighted by Crippen LogP contribution is -2.34. The Morgan fingerprint density at radius 2 is 2.00 bits per heavy atom. The molecule has 33 heavy (non-hydrogen) atoms. The van der Waals surface area contributed by atoms with Crippen LogP contribution in [0.1, 0.15) is 35.7 Å². The lowest BCUT2D eigenvalue weighted by Gasteiger charge is -2.22. The molecule has 4 aromatic rings. The first-order valence-electron chi connectivity index (χ1n) is 10.8. The number of carbonyl (C=O) groups is 1. The van der Waals surface area contributed by atoms with Crippen molar-refractivity contribution in [1.29, 1.82) is 5.26 Å². The monoisotopic (exact) mass is 455 g/mol. The second-order valence-electron chi connectivity index (χ2n) is 8.34. The molecule has 7 heteroatoms. The lowest BCUT2D eigenvalue weighted by atomic mass is 10.1. The fraction of sp³-hybridized carbons (Fsp3) is 0.231. The van der Waals surface area contributed by atoms with Crippen LogP contribution in [0.3, 0.4) is 0 Å². The second kappa shape index (κ2) is 9.80. The molecule has 2 aromatic heterocycles. The Balaban J connectivity index is 1.67. The Morgan fingerprint density at radius 1 is 1.18 bits per heavy atom. The third kappa shape index (κ3) is 5.36. The van der Waals surface area contributed by atoms with Crippen molar-refractivity contribution in [3.63, 3.8) is 0 Å². The maximum Gasteiger partial charge on any atom is 0.327 e. The quantitative estimate of drug-likeness (QED) is 0.369. The highest BCUT2D eigenvalue weighted by Crippen LogP contribution is 2.32. The molecule has 0 aliphatic heterocycles. The van der Waals surface area contributed by atoms with E-state index in [9.17, 15) is 10.1 Å². The average molecular weight is 456 g/mol. The van der Waals surface area contributed by atoms with E-state index in [1.54, 1.807) is 17.2 Å². The van der Waals surface area contributed by atoms with Crippen LogP contribution in [-0.4, -0.2) is 16.0 Å². The summed E-state index contributed by atoms with van der Waals surface area (Å²) in [6.07, 6.45) is 2.53. The molecule has 0 unspecified atom stereocenters. The first-order chi connectivity index (χ1) is 15.9. The maximum atomic E-state index is 13.5. The minimum Gasteiger partial charge on any atom is -0.306 e. The second-order valence-corrected chi connectivity index (χ2v) is 9.40. The van der Waals surface area contributed by atoms with Crippen LogP contribution in [-0.2, 0) is 13.0 Å². The van der Waals surface area contributed by atoms with Crippen LogP contribution >= 0.6 is 11.3 Å². The number of thiazole rings is 1. The normalized spacial score (nSPS) is 10.9. The summed E-state index contributed by atoms with van der Waals surface area (Å²) >= 11 is 1.54. The number of amides is 2. The number of anilines is 2. The predicted molar refractivity (Wildman–Crippen MR) is 133 cm³/mol. The number of urea groups is 1. The summed E-state index contributed by atoms with van der Waals surface area (Å²) < 4.78 is 0. The average Bonchev–Trinajstić information content (AvgIpc) is 3.16. The number of aryl methyl sites for hydroxylation is 1. The van der Waals surface area contributed by atoms with Gasteiger partial charge in [0.05, 0.1) is 46.3 Å². The number of aromatic nitrogens is 2. The molecule has 0 fully saturated rings. The largest absolute Gasteiger partial charge is 0.327 e. The molecule has 0 aliphatic rings. The molecule has 2 amide bonds. The summed E-state index contributed by atoms with van der Waals surface area (Å²) in [4.78, 5) is 24.3. The number of fused-ring (bicyclic) bond motifs is 1. The molecule has 0 saturated heterocycles. The van der Waals surface area contributed by atoms with E-state index >= 15 is 0 Å². The van der Waals surface area contributed by atoms with E-state index in [2.05, 4.69) is 30.2 Å². The number of carbonyl (C=O) groups excluding carboxylic acids is 1. The zero-order valence-corrected chi connectivity index (χ0v) is 19.7. The highest BCUT2D eigenvalue weighted by atomic mass is 32.1. The number of nitrogens with one attached hydrogen (secondary N) is 1. The minimum atomic E-state index is -0.266. The van der Waals surface area contributed by atoms with E-state index in [0.717, 1.165) is 38.6 Å². The van der Waals surface area contributed by atoms with Gasteiger partial charge in [0.2, 0.25) is 0 Å². The van der Waals surface area contributed by atoms with Crippen molar-refractivity contribution >= 4 is 39.0 Å². The van der Waals surface area contributed by atoms with Crippen LogP contribution in [0.15, 0.2) is 60.8 Å². The Morgan fingerprint density at radius 3 is 2.79 bits per heavy atom. The number of pyridine rings is 1. The van der Waals surface area contributed by atoms with Gasteiger partial charge in [0, 0.05) is 11.8 Å². The first-order valence-corrected chi connectivity index (χ1v) is 11.6. The summed E-state index contributed by atoms with van der Waals surface area (Å²) in [6, 6.07) is 18.9. The smallest absolute Gasteiger partial charge is 0.306 e. The summed E-state index contributed by atoms with van der Waals surface area (Å²) in [7, 11) is 0. The van der Waals surface area contributed by atoms with Gasteiger partial charge >= 0.3 is 6.03 Å². The molecular weight excluding hydrogens is 430 g/mol. The summed E-state index contributed by atoms with van der Waals surface area (Å²) in [5.41, 5.74) is 3.75. The van der Waals surface area contributed by atoms with Crippen molar-refractivity contribution in [2.75, 3.05) is 10.2 Å². The van der Waals surface area contributed by atoms with E-state index in [-0.39, 0.29) is 6.03 Å². The fourth-order valence-corrected chi connectivity index (χ4v) is 4.89. The standard InChI is InChI=1S/C26H25N5OS/c1-17(2)11-24-29-18(3)25(33-24)31(16-20-8-6-7-19(12-20)14-27)26(32)30-22-13-21-9-4-5-10-23(21)28-15-22/h4-10,12-13,15,17H,11,16H2,1-3H3,(H,30,32).